The van der Waals surface area contributed by atoms with E-state index in [4.69, 9.17) is 17.2 Å². The van der Waals surface area contributed by atoms with E-state index in [-0.39, 0.29) is 26.0 Å². The quantitative estimate of drug-likeness (QED) is 0.171. The average molecular weight is 663 g/mol. The summed E-state index contributed by atoms with van der Waals surface area (Å²) in [6.07, 6.45) is 6.26. The number of aryl methyl sites for hydroxylation is 1. The number of hydrogen-bond donors (Lipinski definition) is 0. The molecule has 2 aliphatic rings. The Hall–Kier alpha value is -4.74. The second kappa shape index (κ2) is 12.5. The van der Waals surface area contributed by atoms with Crippen molar-refractivity contribution in [1.82, 2.24) is 18.7 Å². The van der Waals surface area contributed by atoms with Gasteiger partial charge in [0.2, 0.25) is 0 Å². The Labute approximate surface area is 281 Å². The lowest BCUT2D eigenvalue weighted by molar-refractivity contribution is -0.113. The predicted octanol–water partition coefficient (Wildman–Crippen LogP) is 5.67. The van der Waals surface area contributed by atoms with Crippen molar-refractivity contribution in [3.63, 3.8) is 0 Å². The maximum absolute atomic E-state index is 14.1. The van der Waals surface area contributed by atoms with E-state index >= 15 is 0 Å². The zero-order valence-corrected chi connectivity index (χ0v) is 28.1. The number of carbonyl (C=O) groups is 1. The molecule has 9 nitrogen and oxygen atoms in total. The van der Waals surface area contributed by atoms with Crippen molar-refractivity contribution >= 4 is 57.4 Å². The minimum Gasteiger partial charge on any atom is -0.356 e. The lowest BCUT2D eigenvalue weighted by Crippen LogP contribution is -2.37. The van der Waals surface area contributed by atoms with Crippen molar-refractivity contribution in [2.24, 2.45) is 13.0 Å². The largest absolute Gasteiger partial charge is 0.356 e. The average Bonchev–Trinajstić information content (AvgIpc) is 3.47. The van der Waals surface area contributed by atoms with Gasteiger partial charge in [0, 0.05) is 26.3 Å². The van der Waals surface area contributed by atoms with Crippen LogP contribution in [0.15, 0.2) is 93.5 Å². The van der Waals surface area contributed by atoms with Gasteiger partial charge in [0.1, 0.15) is 17.2 Å². The molecule has 2 fully saturated rings. The second-order valence-electron chi connectivity index (χ2n) is 12.1. The topological polar surface area (TPSA) is 84.8 Å². The zero-order valence-electron chi connectivity index (χ0n) is 26.4. The molecule has 5 heterocycles. The van der Waals surface area contributed by atoms with Crippen LogP contribution in [0.4, 0.5) is 11.5 Å². The third-order valence-corrected chi connectivity index (χ3v) is 10.5. The van der Waals surface area contributed by atoms with E-state index in [0.717, 1.165) is 49.7 Å². The lowest BCUT2D eigenvalue weighted by atomic mass is 9.90. The Morgan fingerprint density at radius 1 is 0.915 bits per heavy atom. The van der Waals surface area contributed by atoms with Crippen LogP contribution in [0.1, 0.15) is 35.2 Å². The second-order valence-corrected chi connectivity index (χ2v) is 13.8. The molecule has 11 heteroatoms. The maximum Gasteiger partial charge on any atom is 0.296 e. The van der Waals surface area contributed by atoms with Gasteiger partial charge in [-0.25, -0.2) is 9.67 Å². The Kier molecular flexibility index (Phi) is 8.19. The van der Waals surface area contributed by atoms with Gasteiger partial charge in [0.05, 0.1) is 21.8 Å². The van der Waals surface area contributed by atoms with E-state index in [0.29, 0.717) is 34.3 Å². The minimum absolute atomic E-state index is 0.201. The summed E-state index contributed by atoms with van der Waals surface area (Å²) in [7, 11) is 1.78. The van der Waals surface area contributed by atoms with E-state index in [9.17, 15) is 14.4 Å². The Bertz CT molecular complexity index is 2180. The number of hydrogen-bond acceptors (Lipinski definition) is 7. The van der Waals surface area contributed by atoms with Crippen molar-refractivity contribution in [1.29, 1.82) is 0 Å². The number of fused-ring (bicyclic) bond motifs is 1. The highest BCUT2D eigenvalue weighted by molar-refractivity contribution is 8.27. The third-order valence-electron chi connectivity index (χ3n) is 9.16. The summed E-state index contributed by atoms with van der Waals surface area (Å²) in [6, 6.07) is 23.5. The van der Waals surface area contributed by atoms with Crippen molar-refractivity contribution in [3.8, 4) is 5.69 Å². The van der Waals surface area contributed by atoms with Gasteiger partial charge < -0.3 is 4.90 Å². The van der Waals surface area contributed by atoms with Crippen LogP contribution >= 0.6 is 24.0 Å². The van der Waals surface area contributed by atoms with Gasteiger partial charge >= 0.3 is 0 Å². The fraction of sp³-hybridized carbons (Fsp3) is 0.250. The van der Waals surface area contributed by atoms with Crippen molar-refractivity contribution in [3.05, 3.63) is 127 Å². The molecule has 2 saturated heterocycles. The van der Waals surface area contributed by atoms with Crippen LogP contribution < -0.4 is 20.9 Å². The molecule has 2 aliphatic heterocycles. The number of piperidine rings is 1. The monoisotopic (exact) mass is 662 g/mol. The first-order valence-corrected chi connectivity index (χ1v) is 16.9. The number of benzene rings is 2. The fourth-order valence-corrected chi connectivity index (χ4v) is 7.82. The highest BCUT2D eigenvalue weighted by Gasteiger charge is 2.38. The molecule has 7 rings (SSSR count). The molecule has 5 aromatic rings. The highest BCUT2D eigenvalue weighted by atomic mass is 32.2. The van der Waals surface area contributed by atoms with Crippen LogP contribution in [0.25, 0.3) is 17.4 Å². The number of rotatable bonds is 6. The molecule has 0 saturated carbocycles. The maximum atomic E-state index is 14.1. The van der Waals surface area contributed by atoms with E-state index in [1.165, 1.54) is 19.5 Å². The molecule has 1 amide bonds. The van der Waals surface area contributed by atoms with Crippen molar-refractivity contribution in [2.45, 2.75) is 33.1 Å². The molecule has 0 N–H and O–H groups in total. The summed E-state index contributed by atoms with van der Waals surface area (Å²) < 4.78 is 5.01. The summed E-state index contributed by atoms with van der Waals surface area (Å²) in [5.74, 6) is 0.660. The zero-order chi connectivity index (χ0) is 32.8. The van der Waals surface area contributed by atoms with Crippen LogP contribution in [-0.2, 0) is 18.3 Å². The number of nitrogens with zero attached hydrogens (tertiary/aromatic N) is 6. The molecule has 47 heavy (non-hydrogen) atoms. The highest BCUT2D eigenvalue weighted by Crippen LogP contribution is 2.37. The molecule has 0 atom stereocenters. The number of thiocarbonyl (C=S) groups is 1. The molecule has 0 aliphatic carbocycles. The van der Waals surface area contributed by atoms with Crippen LogP contribution in [0, 0.1) is 19.8 Å². The molecule has 3 aromatic heterocycles. The number of para-hydroxylation sites is 1. The van der Waals surface area contributed by atoms with Crippen molar-refractivity contribution < 1.29 is 4.79 Å². The predicted molar refractivity (Wildman–Crippen MR) is 193 cm³/mol. The van der Waals surface area contributed by atoms with Crippen LogP contribution in [0.5, 0.6) is 0 Å². The van der Waals surface area contributed by atoms with Gasteiger partial charge in [-0.05, 0) is 74.4 Å². The third kappa shape index (κ3) is 5.53. The summed E-state index contributed by atoms with van der Waals surface area (Å²) in [4.78, 5) is 50.7. The smallest absolute Gasteiger partial charge is 0.296 e. The van der Waals surface area contributed by atoms with E-state index in [1.807, 2.05) is 55.5 Å². The fourth-order valence-electron chi connectivity index (χ4n) is 6.57. The summed E-state index contributed by atoms with van der Waals surface area (Å²) in [5, 5.41) is 0. The van der Waals surface area contributed by atoms with E-state index < -0.39 is 5.91 Å². The standard InChI is InChI=1S/C36H34N6O3S2/c1-23-11-10-18-40-31(23)37-32(39-19-16-26(17-20-39)21-25-12-6-4-7-13-25)28(33(40)43)22-29-34(44)41(36(46)47-29)30-24(2)38(3)42(35(30)45)27-14-8-5-9-15-27/h4-15,18,22,26H,16-17,19-21H2,1-3H3. The van der Waals surface area contributed by atoms with Gasteiger partial charge in [-0.2, -0.15) is 0 Å². The SMILES string of the molecule is Cc1cccn2c(=O)c(C=C3SC(=S)N(c4c(C)n(C)n(-c5ccccc5)c4=O)C3=O)c(N3CCC(Cc4ccccc4)CC3)nc12. The Balaban J connectivity index is 1.26. The summed E-state index contributed by atoms with van der Waals surface area (Å²) in [5.41, 5.74) is 4.01. The van der Waals surface area contributed by atoms with Crippen molar-refractivity contribution in [2.75, 3.05) is 22.9 Å². The first-order valence-electron chi connectivity index (χ1n) is 15.7. The van der Waals surface area contributed by atoms with Gasteiger partial charge in [-0.1, -0.05) is 78.6 Å². The van der Waals surface area contributed by atoms with Crippen LogP contribution in [-0.4, -0.2) is 42.1 Å². The summed E-state index contributed by atoms with van der Waals surface area (Å²) in [6.45, 7) is 5.22. The molecule has 0 radical (unpaired) electrons. The summed E-state index contributed by atoms with van der Waals surface area (Å²) >= 11 is 6.78. The van der Waals surface area contributed by atoms with E-state index in [2.05, 4.69) is 29.2 Å². The number of carbonyl (C=O) groups excluding carboxylic acids is 1. The first-order chi connectivity index (χ1) is 22.7. The van der Waals surface area contributed by atoms with Crippen LogP contribution in [0.3, 0.4) is 0 Å². The Morgan fingerprint density at radius 2 is 1.60 bits per heavy atom. The Morgan fingerprint density at radius 3 is 2.30 bits per heavy atom. The minimum atomic E-state index is -0.438. The lowest BCUT2D eigenvalue weighted by Gasteiger charge is -2.33. The normalized spacial score (nSPS) is 16.6. The number of aromatic nitrogens is 4. The van der Waals surface area contributed by atoms with Gasteiger partial charge in [0.25, 0.3) is 17.0 Å². The van der Waals surface area contributed by atoms with Gasteiger partial charge in [-0.15, -0.1) is 0 Å². The number of anilines is 2. The molecular weight excluding hydrogens is 629 g/mol. The van der Waals surface area contributed by atoms with E-state index in [1.54, 1.807) is 30.9 Å². The van der Waals surface area contributed by atoms with Crippen LogP contribution in [0.2, 0.25) is 0 Å². The molecule has 238 valence electrons. The molecule has 2 aromatic carbocycles. The van der Waals surface area contributed by atoms with Gasteiger partial charge in [0.15, 0.2) is 4.32 Å². The number of thioether (sulfide) groups is 1. The number of pyridine rings is 1. The molecule has 0 unspecified atom stereocenters. The molecular formula is C36H34N6O3S2. The molecule has 0 bridgehead atoms. The molecule has 0 spiro atoms. The van der Waals surface area contributed by atoms with Gasteiger partial charge in [-0.3, -0.25) is 28.4 Å². The first kappa shape index (κ1) is 30.9. The number of amides is 1.